The summed E-state index contributed by atoms with van der Waals surface area (Å²) in [6.07, 6.45) is 0. The monoisotopic (exact) mass is 464 g/mol. The maximum absolute atomic E-state index is 10.2. The van der Waals surface area contributed by atoms with Crippen LogP contribution in [0.25, 0.3) is 0 Å². The van der Waals surface area contributed by atoms with Crippen molar-refractivity contribution in [3.05, 3.63) is 30.3 Å². The van der Waals surface area contributed by atoms with Gasteiger partial charge in [0.15, 0.2) is 0 Å². The highest BCUT2D eigenvalue weighted by atomic mass is 16.4. The minimum absolute atomic E-state index is 0. The minimum Gasteiger partial charge on any atom is -0.508 e. The Hall–Kier alpha value is -2.04. The minimum atomic E-state index is -1.07. The first kappa shape index (κ1) is 52.1. The number of aliphatic carboxylic acids is 2. The zero-order valence-corrected chi connectivity index (χ0v) is 22.2. The van der Waals surface area contributed by atoms with Crippen molar-refractivity contribution in [2.45, 2.75) is 112 Å². The fraction of sp³-hybridized carbons (Fsp3) is 0.704. The third-order valence-corrected chi connectivity index (χ3v) is 2.29. The molecule has 2 atom stereocenters. The first-order valence-electron chi connectivity index (χ1n) is 11.1. The molecular formula is C27H60O5. The summed E-state index contributed by atoms with van der Waals surface area (Å²) in [7, 11) is 0. The molecule has 0 aliphatic carbocycles. The number of carbonyl (C=O) groups is 2. The van der Waals surface area contributed by atoms with Crippen LogP contribution in [-0.2, 0) is 9.59 Å². The second-order valence-corrected chi connectivity index (χ2v) is 6.59. The van der Waals surface area contributed by atoms with Crippen molar-refractivity contribution in [1.82, 2.24) is 0 Å². The van der Waals surface area contributed by atoms with Crippen molar-refractivity contribution < 1.29 is 24.9 Å². The summed E-state index contributed by atoms with van der Waals surface area (Å²) in [4.78, 5) is 20.4. The van der Waals surface area contributed by atoms with Crippen molar-refractivity contribution >= 4 is 11.9 Å². The van der Waals surface area contributed by atoms with Crippen LogP contribution in [0, 0.1) is 17.3 Å². The van der Waals surface area contributed by atoms with Gasteiger partial charge in [-0.25, -0.2) is 0 Å². The van der Waals surface area contributed by atoms with Gasteiger partial charge in [0.2, 0.25) is 0 Å². The lowest BCUT2D eigenvalue weighted by molar-refractivity contribution is -0.152. The standard InChI is InChI=1S/C6H10O4.C6H6O.C5H12.4C2H6.2CH4/c1-3(5(7)8)4(2)6(9)10;7-6-4-2-1-3-5-6;1-5(2,3)4;4*1-2;;/h3-4H,1-2H3,(H,7,8)(H,9,10);1-5,7H;1-4H3;4*1-2H3;2*1H4. The van der Waals surface area contributed by atoms with Gasteiger partial charge in [0, 0.05) is 0 Å². The van der Waals surface area contributed by atoms with E-state index < -0.39 is 23.8 Å². The van der Waals surface area contributed by atoms with E-state index in [1.807, 2.05) is 61.5 Å². The molecule has 1 aromatic rings. The van der Waals surface area contributed by atoms with E-state index in [4.69, 9.17) is 15.3 Å². The van der Waals surface area contributed by atoms with Crippen LogP contribution in [-0.4, -0.2) is 27.3 Å². The van der Waals surface area contributed by atoms with Gasteiger partial charge in [-0.15, -0.1) is 0 Å². The molecule has 1 aromatic carbocycles. The lowest BCUT2D eigenvalue weighted by Crippen LogP contribution is -2.24. The molecule has 198 valence electrons. The Morgan fingerprint density at radius 1 is 0.656 bits per heavy atom. The highest BCUT2D eigenvalue weighted by molar-refractivity contribution is 5.79. The largest absolute Gasteiger partial charge is 0.508 e. The van der Waals surface area contributed by atoms with E-state index in [1.54, 1.807) is 24.3 Å². The molecule has 0 radical (unpaired) electrons. The van der Waals surface area contributed by atoms with Crippen molar-refractivity contribution in [2.24, 2.45) is 17.3 Å². The molecule has 32 heavy (non-hydrogen) atoms. The third kappa shape index (κ3) is 63.0. The average Bonchev–Trinajstić information content (AvgIpc) is 2.72. The van der Waals surface area contributed by atoms with Gasteiger partial charge >= 0.3 is 11.9 Å². The van der Waals surface area contributed by atoms with Crippen molar-refractivity contribution in [2.75, 3.05) is 0 Å². The smallest absolute Gasteiger partial charge is 0.307 e. The van der Waals surface area contributed by atoms with Gasteiger partial charge in [0.1, 0.15) is 5.75 Å². The summed E-state index contributed by atoms with van der Waals surface area (Å²) in [6.45, 7) is 27.5. The molecule has 2 unspecified atom stereocenters. The number of carboxylic acid groups (broad SMARTS) is 2. The number of aromatic hydroxyl groups is 1. The lowest BCUT2D eigenvalue weighted by atomic mass is 9.97. The Kier molecular flexibility index (Phi) is 64.2. The van der Waals surface area contributed by atoms with E-state index >= 15 is 0 Å². The third-order valence-electron chi connectivity index (χ3n) is 2.29. The molecule has 0 fully saturated rings. The topological polar surface area (TPSA) is 94.8 Å². The zero-order valence-electron chi connectivity index (χ0n) is 22.2. The fourth-order valence-electron chi connectivity index (χ4n) is 0.856. The molecule has 1 rings (SSSR count). The van der Waals surface area contributed by atoms with Gasteiger partial charge in [-0.05, 0) is 17.5 Å². The molecule has 5 heteroatoms. The van der Waals surface area contributed by atoms with Crippen LogP contribution in [0.4, 0.5) is 0 Å². The summed E-state index contributed by atoms with van der Waals surface area (Å²) in [6, 6.07) is 8.71. The highest BCUT2D eigenvalue weighted by Crippen LogP contribution is 2.10. The Bertz CT molecular complexity index is 413. The van der Waals surface area contributed by atoms with E-state index in [0.717, 1.165) is 0 Å². The summed E-state index contributed by atoms with van der Waals surface area (Å²) in [5.74, 6) is -3.47. The van der Waals surface area contributed by atoms with E-state index in [9.17, 15) is 9.59 Å². The van der Waals surface area contributed by atoms with Crippen LogP contribution in [0.5, 0.6) is 5.75 Å². The molecule has 5 nitrogen and oxygen atoms in total. The van der Waals surface area contributed by atoms with Gasteiger partial charge in [-0.1, -0.05) is 130 Å². The molecule has 0 spiro atoms. The van der Waals surface area contributed by atoms with Crippen LogP contribution in [0.3, 0.4) is 0 Å². The number of benzene rings is 1. The van der Waals surface area contributed by atoms with Gasteiger partial charge in [-0.3, -0.25) is 9.59 Å². The fourth-order valence-corrected chi connectivity index (χ4v) is 0.856. The van der Waals surface area contributed by atoms with Crippen LogP contribution in [0.2, 0.25) is 0 Å². The van der Waals surface area contributed by atoms with E-state index in [2.05, 4.69) is 27.7 Å². The van der Waals surface area contributed by atoms with E-state index in [0.29, 0.717) is 11.2 Å². The number of para-hydroxylation sites is 1. The summed E-state index contributed by atoms with van der Waals surface area (Å²) < 4.78 is 0. The number of hydrogen-bond donors (Lipinski definition) is 3. The van der Waals surface area contributed by atoms with Crippen molar-refractivity contribution in [3.8, 4) is 5.75 Å². The van der Waals surface area contributed by atoms with Crippen LogP contribution in [0.15, 0.2) is 30.3 Å². The Morgan fingerprint density at radius 3 is 0.938 bits per heavy atom. The molecule has 0 amide bonds. The Morgan fingerprint density at radius 2 is 0.844 bits per heavy atom. The molecule has 0 saturated heterocycles. The molecule has 0 aromatic heterocycles. The maximum Gasteiger partial charge on any atom is 0.307 e. The first-order valence-corrected chi connectivity index (χ1v) is 11.1. The maximum atomic E-state index is 10.2. The Labute approximate surface area is 202 Å². The summed E-state index contributed by atoms with van der Waals surface area (Å²) in [5, 5.41) is 25.3. The number of rotatable bonds is 3. The predicted octanol–water partition coefficient (Wildman–Crippen LogP) is 9.25. The predicted molar refractivity (Wildman–Crippen MR) is 146 cm³/mol. The van der Waals surface area contributed by atoms with E-state index in [1.165, 1.54) is 13.8 Å². The second kappa shape index (κ2) is 39.4. The summed E-state index contributed by atoms with van der Waals surface area (Å²) in [5.41, 5.74) is 0.500. The quantitative estimate of drug-likeness (QED) is 0.414. The number of phenols is 1. The number of carboxylic acids is 2. The first-order chi connectivity index (χ1) is 13.9. The van der Waals surface area contributed by atoms with Crippen LogP contribution in [0.1, 0.15) is 112 Å². The number of phenolic OH excluding ortho intramolecular Hbond substituents is 1. The SMILES string of the molecule is C.C.CC.CC.CC.CC.CC(C(=O)O)C(C)C(=O)O.CC(C)(C)C.Oc1ccccc1. The average molecular weight is 465 g/mol. The van der Waals surface area contributed by atoms with Gasteiger partial charge in [0.05, 0.1) is 11.8 Å². The highest BCUT2D eigenvalue weighted by Gasteiger charge is 2.24. The molecule has 0 bridgehead atoms. The summed E-state index contributed by atoms with van der Waals surface area (Å²) >= 11 is 0. The van der Waals surface area contributed by atoms with Gasteiger partial charge in [0.25, 0.3) is 0 Å². The van der Waals surface area contributed by atoms with Gasteiger partial charge < -0.3 is 15.3 Å². The van der Waals surface area contributed by atoms with Crippen molar-refractivity contribution in [1.29, 1.82) is 0 Å². The van der Waals surface area contributed by atoms with Crippen LogP contribution >= 0.6 is 0 Å². The molecule has 0 aliphatic rings. The number of hydrogen-bond acceptors (Lipinski definition) is 3. The molecular weight excluding hydrogens is 404 g/mol. The second-order valence-electron chi connectivity index (χ2n) is 6.59. The van der Waals surface area contributed by atoms with Gasteiger partial charge in [-0.2, -0.15) is 0 Å². The van der Waals surface area contributed by atoms with Crippen molar-refractivity contribution in [3.63, 3.8) is 0 Å². The molecule has 0 aliphatic heterocycles. The Balaban J connectivity index is -0.0000000388. The van der Waals surface area contributed by atoms with Crippen LogP contribution < -0.4 is 0 Å². The van der Waals surface area contributed by atoms with E-state index in [-0.39, 0.29) is 14.9 Å². The molecule has 0 saturated carbocycles. The lowest BCUT2D eigenvalue weighted by Gasteiger charge is -2.09. The normalized spacial score (nSPS) is 9.44. The zero-order chi connectivity index (χ0) is 25.9. The molecule has 0 heterocycles. The molecule has 3 N–H and O–H groups in total.